The molecular formula is C21H22O6S. The van der Waals surface area contributed by atoms with Crippen LogP contribution in [0.1, 0.15) is 33.2 Å². The zero-order chi connectivity index (χ0) is 20.5. The lowest BCUT2D eigenvalue weighted by Crippen LogP contribution is -2.15. The summed E-state index contributed by atoms with van der Waals surface area (Å²) in [5.74, 6) is 1.07. The average molecular weight is 402 g/mol. The molecule has 0 saturated heterocycles. The van der Waals surface area contributed by atoms with Crippen LogP contribution in [-0.2, 0) is 15.3 Å². The molecule has 28 heavy (non-hydrogen) atoms. The lowest BCUT2D eigenvalue weighted by Gasteiger charge is -2.10. The maximum Gasteiger partial charge on any atom is 0.316 e. The Kier molecular flexibility index (Phi) is 8.07. The second-order valence-electron chi connectivity index (χ2n) is 5.89. The van der Waals surface area contributed by atoms with Gasteiger partial charge in [-0.2, -0.15) is 0 Å². The number of carbonyl (C=O) groups excluding carboxylic acids is 3. The van der Waals surface area contributed by atoms with Crippen LogP contribution in [0.15, 0.2) is 42.5 Å². The molecule has 2 rings (SSSR count). The first-order chi connectivity index (χ1) is 13.4. The van der Waals surface area contributed by atoms with Gasteiger partial charge in [0.15, 0.2) is 18.2 Å². The molecule has 0 unspecified atom stereocenters. The predicted molar refractivity (Wildman–Crippen MR) is 107 cm³/mol. The molecule has 7 heteroatoms. The fraction of sp³-hybridized carbons (Fsp3) is 0.286. The third kappa shape index (κ3) is 6.13. The van der Waals surface area contributed by atoms with Gasteiger partial charge in [-0.15, -0.1) is 11.8 Å². The summed E-state index contributed by atoms with van der Waals surface area (Å²) in [5.41, 5.74) is 1.86. The van der Waals surface area contributed by atoms with Crippen molar-refractivity contribution in [1.29, 1.82) is 0 Å². The van der Waals surface area contributed by atoms with Gasteiger partial charge >= 0.3 is 5.97 Å². The Bertz CT molecular complexity index is 844. The summed E-state index contributed by atoms with van der Waals surface area (Å²) < 4.78 is 15.4. The molecule has 0 aliphatic rings. The number of rotatable bonds is 10. The number of carbonyl (C=O) groups is 3. The summed E-state index contributed by atoms with van der Waals surface area (Å²) in [6.45, 7) is 1.19. The SMILES string of the molecule is COc1ccc(C(=O)COC(=O)CSCc2cc(C(C)=O)ccc2OC)cc1. The lowest BCUT2D eigenvalue weighted by molar-refractivity contribution is -0.139. The summed E-state index contributed by atoms with van der Waals surface area (Å²) in [7, 11) is 3.10. The Balaban J connectivity index is 1.81. The molecule has 6 nitrogen and oxygen atoms in total. The molecule has 0 bridgehead atoms. The Morgan fingerprint density at radius 1 is 0.929 bits per heavy atom. The van der Waals surface area contributed by atoms with Crippen molar-refractivity contribution < 1.29 is 28.6 Å². The van der Waals surface area contributed by atoms with Gasteiger partial charge in [0.05, 0.1) is 20.0 Å². The van der Waals surface area contributed by atoms with E-state index in [9.17, 15) is 14.4 Å². The van der Waals surface area contributed by atoms with E-state index < -0.39 is 5.97 Å². The summed E-state index contributed by atoms with van der Waals surface area (Å²) in [6, 6.07) is 11.8. The molecular weight excluding hydrogens is 380 g/mol. The van der Waals surface area contributed by atoms with Crippen LogP contribution in [0.2, 0.25) is 0 Å². The molecule has 0 aromatic heterocycles. The fourth-order valence-corrected chi connectivity index (χ4v) is 3.20. The van der Waals surface area contributed by atoms with Crippen molar-refractivity contribution in [1.82, 2.24) is 0 Å². The van der Waals surface area contributed by atoms with E-state index in [-0.39, 0.29) is 23.9 Å². The number of thioether (sulfide) groups is 1. The molecule has 0 aliphatic carbocycles. The zero-order valence-corrected chi connectivity index (χ0v) is 16.8. The Morgan fingerprint density at radius 3 is 2.21 bits per heavy atom. The van der Waals surface area contributed by atoms with Crippen molar-refractivity contribution in [3.8, 4) is 11.5 Å². The van der Waals surface area contributed by atoms with Crippen LogP contribution < -0.4 is 9.47 Å². The van der Waals surface area contributed by atoms with Crippen LogP contribution in [0.3, 0.4) is 0 Å². The van der Waals surface area contributed by atoms with Crippen molar-refractivity contribution >= 4 is 29.3 Å². The van der Waals surface area contributed by atoms with E-state index in [1.165, 1.54) is 18.7 Å². The molecule has 0 spiro atoms. The van der Waals surface area contributed by atoms with Crippen LogP contribution in [0.4, 0.5) is 0 Å². The minimum Gasteiger partial charge on any atom is -0.497 e. The Hall–Kier alpha value is -2.80. The molecule has 0 aliphatic heterocycles. The monoisotopic (exact) mass is 402 g/mol. The average Bonchev–Trinajstić information content (AvgIpc) is 2.71. The largest absolute Gasteiger partial charge is 0.497 e. The number of methoxy groups -OCH3 is 2. The summed E-state index contributed by atoms with van der Waals surface area (Å²) in [5, 5.41) is 0. The first-order valence-corrected chi connectivity index (χ1v) is 9.68. The van der Waals surface area contributed by atoms with E-state index in [4.69, 9.17) is 14.2 Å². The molecule has 148 valence electrons. The predicted octanol–water partition coefficient (Wildman–Crippen LogP) is 3.57. The molecule has 0 radical (unpaired) electrons. The number of Topliss-reactive ketones (excluding diaryl/α,β-unsaturated/α-hetero) is 2. The van der Waals surface area contributed by atoms with Gasteiger partial charge in [0.2, 0.25) is 0 Å². The van der Waals surface area contributed by atoms with Gasteiger partial charge < -0.3 is 14.2 Å². The van der Waals surface area contributed by atoms with E-state index in [1.54, 1.807) is 56.7 Å². The third-order valence-electron chi connectivity index (χ3n) is 3.94. The minimum atomic E-state index is -0.478. The number of ether oxygens (including phenoxy) is 3. The van der Waals surface area contributed by atoms with Crippen LogP contribution >= 0.6 is 11.8 Å². The smallest absolute Gasteiger partial charge is 0.316 e. The first kappa shape index (κ1) is 21.5. The summed E-state index contributed by atoms with van der Waals surface area (Å²) in [4.78, 5) is 35.5. The van der Waals surface area contributed by atoms with E-state index in [0.717, 1.165) is 5.56 Å². The van der Waals surface area contributed by atoms with Gasteiger partial charge in [0.25, 0.3) is 0 Å². The van der Waals surface area contributed by atoms with Crippen molar-refractivity contribution in [2.75, 3.05) is 26.6 Å². The molecule has 0 heterocycles. The van der Waals surface area contributed by atoms with Crippen LogP contribution in [-0.4, -0.2) is 44.1 Å². The van der Waals surface area contributed by atoms with Crippen LogP contribution in [0, 0.1) is 0 Å². The van der Waals surface area contributed by atoms with Crippen LogP contribution in [0.5, 0.6) is 11.5 Å². The van der Waals surface area contributed by atoms with E-state index in [2.05, 4.69) is 0 Å². The second kappa shape index (κ2) is 10.5. The van der Waals surface area contributed by atoms with Crippen molar-refractivity contribution in [2.45, 2.75) is 12.7 Å². The van der Waals surface area contributed by atoms with E-state index in [1.807, 2.05) is 0 Å². The Morgan fingerprint density at radius 2 is 1.61 bits per heavy atom. The summed E-state index contributed by atoms with van der Waals surface area (Å²) >= 11 is 1.32. The molecule has 0 saturated carbocycles. The fourth-order valence-electron chi connectivity index (χ4n) is 2.40. The lowest BCUT2D eigenvalue weighted by atomic mass is 10.1. The van der Waals surface area contributed by atoms with Crippen molar-refractivity contribution in [2.24, 2.45) is 0 Å². The van der Waals surface area contributed by atoms with Gasteiger partial charge in [-0.1, -0.05) is 0 Å². The molecule has 0 N–H and O–H groups in total. The van der Waals surface area contributed by atoms with Gasteiger partial charge in [0, 0.05) is 22.4 Å². The number of hydrogen-bond donors (Lipinski definition) is 0. The second-order valence-corrected chi connectivity index (χ2v) is 6.87. The van der Waals surface area contributed by atoms with Gasteiger partial charge in [-0.25, -0.2) is 0 Å². The highest BCUT2D eigenvalue weighted by Gasteiger charge is 2.12. The van der Waals surface area contributed by atoms with E-state index >= 15 is 0 Å². The van der Waals surface area contributed by atoms with Gasteiger partial charge in [0.1, 0.15) is 11.5 Å². The third-order valence-corrected chi connectivity index (χ3v) is 4.90. The number of benzene rings is 2. The molecule has 0 amide bonds. The highest BCUT2D eigenvalue weighted by Crippen LogP contribution is 2.25. The first-order valence-electron chi connectivity index (χ1n) is 8.53. The quantitative estimate of drug-likeness (QED) is 0.444. The Labute approximate surface area is 168 Å². The highest BCUT2D eigenvalue weighted by atomic mass is 32.2. The zero-order valence-electron chi connectivity index (χ0n) is 16.0. The number of esters is 1. The molecule has 2 aromatic carbocycles. The number of hydrogen-bond acceptors (Lipinski definition) is 7. The van der Waals surface area contributed by atoms with Crippen LogP contribution in [0.25, 0.3) is 0 Å². The molecule has 0 atom stereocenters. The van der Waals surface area contributed by atoms with Gasteiger partial charge in [-0.3, -0.25) is 14.4 Å². The molecule has 0 fully saturated rings. The number of ketones is 2. The summed E-state index contributed by atoms with van der Waals surface area (Å²) in [6.07, 6.45) is 0. The maximum absolute atomic E-state index is 12.1. The maximum atomic E-state index is 12.1. The molecule has 2 aromatic rings. The van der Waals surface area contributed by atoms with E-state index in [0.29, 0.717) is 28.4 Å². The topological polar surface area (TPSA) is 78.9 Å². The minimum absolute atomic E-state index is 0.0367. The van der Waals surface area contributed by atoms with Crippen molar-refractivity contribution in [3.05, 3.63) is 59.2 Å². The normalized spacial score (nSPS) is 10.2. The van der Waals surface area contributed by atoms with Gasteiger partial charge in [-0.05, 0) is 49.4 Å². The standard InChI is InChI=1S/C21H22O6S/c1-14(22)16-6-9-20(26-3)17(10-16)12-28-13-21(24)27-11-19(23)15-4-7-18(25-2)8-5-15/h4-10H,11-13H2,1-3H3. The van der Waals surface area contributed by atoms with Crippen molar-refractivity contribution in [3.63, 3.8) is 0 Å². The highest BCUT2D eigenvalue weighted by molar-refractivity contribution is 7.99.